The van der Waals surface area contributed by atoms with Crippen LogP contribution in [0.15, 0.2) is 54.2 Å². The van der Waals surface area contributed by atoms with Gasteiger partial charge in [-0.05, 0) is 50.1 Å². The molecule has 170 valence electrons. The predicted molar refractivity (Wildman–Crippen MR) is 119 cm³/mol. The van der Waals surface area contributed by atoms with Crippen LogP contribution in [0.3, 0.4) is 0 Å². The Kier molecular flexibility index (Phi) is 5.63. The van der Waals surface area contributed by atoms with Gasteiger partial charge in [-0.2, -0.15) is 0 Å². The maximum atomic E-state index is 13.1. The zero-order valence-corrected chi connectivity index (χ0v) is 18.6. The smallest absolute Gasteiger partial charge is 0.355 e. The molecule has 2 aromatic rings. The number of hydrogen-bond donors (Lipinski definition) is 1. The minimum absolute atomic E-state index is 0.00982. The Morgan fingerprint density at radius 1 is 1.03 bits per heavy atom. The average molecular weight is 448 g/mol. The van der Waals surface area contributed by atoms with Gasteiger partial charge in [0.2, 0.25) is 0 Å². The first-order valence-corrected chi connectivity index (χ1v) is 10.5. The molecule has 0 aromatic heterocycles. The second-order valence-corrected chi connectivity index (χ2v) is 8.92. The molecule has 2 heterocycles. The van der Waals surface area contributed by atoms with Crippen molar-refractivity contribution < 1.29 is 29.0 Å². The lowest BCUT2D eigenvalue weighted by Crippen LogP contribution is -2.65. The van der Waals surface area contributed by atoms with Gasteiger partial charge in [-0.3, -0.25) is 19.3 Å². The molecule has 0 spiro atoms. The second-order valence-electron chi connectivity index (χ2n) is 8.92. The van der Waals surface area contributed by atoms with E-state index in [9.17, 15) is 24.3 Å². The molecule has 8 nitrogen and oxygen atoms in total. The fourth-order valence-corrected chi connectivity index (χ4v) is 3.76. The van der Waals surface area contributed by atoms with Gasteiger partial charge in [-0.1, -0.05) is 36.4 Å². The Balaban J connectivity index is 1.61. The molecule has 0 aliphatic carbocycles. The van der Waals surface area contributed by atoms with E-state index < -0.39 is 35.3 Å². The minimum atomic E-state index is -0.986. The monoisotopic (exact) mass is 448 g/mol. The minimum Gasteiger partial charge on any atom is -0.455 e. The third-order valence-electron chi connectivity index (χ3n) is 5.41. The fraction of sp³-hybridized carbons (Fsp3) is 0.280. The van der Waals surface area contributed by atoms with E-state index in [0.29, 0.717) is 11.1 Å². The van der Waals surface area contributed by atoms with Gasteiger partial charge in [0, 0.05) is 0 Å². The molecular weight excluding hydrogens is 424 g/mol. The van der Waals surface area contributed by atoms with Crippen molar-refractivity contribution in [2.24, 2.45) is 0 Å². The standard InChI is InChI=1S/C25H24N2O6/c1-25(2,3)33-24(32)19(12-15-8-10-16(14-28)11-9-15)26-13-20(23(26)31)27-21(29)17-6-4-5-7-18(17)22(27)30/h4-12,20,28H,13-14H2,1-3H3/b19-12-. The van der Waals surface area contributed by atoms with E-state index in [-0.39, 0.29) is 30.0 Å². The molecule has 2 aliphatic rings. The van der Waals surface area contributed by atoms with Gasteiger partial charge < -0.3 is 14.7 Å². The Morgan fingerprint density at radius 3 is 2.09 bits per heavy atom. The van der Waals surface area contributed by atoms with Crippen LogP contribution < -0.4 is 0 Å². The summed E-state index contributed by atoms with van der Waals surface area (Å²) in [7, 11) is 0. The number of esters is 1. The van der Waals surface area contributed by atoms with Crippen molar-refractivity contribution in [3.8, 4) is 0 Å². The largest absolute Gasteiger partial charge is 0.455 e. The summed E-state index contributed by atoms with van der Waals surface area (Å²) in [6, 6.07) is 12.3. The van der Waals surface area contributed by atoms with E-state index in [0.717, 1.165) is 4.90 Å². The molecule has 4 rings (SSSR count). The summed E-state index contributed by atoms with van der Waals surface area (Å²) in [5.74, 6) is -2.26. The van der Waals surface area contributed by atoms with Crippen LogP contribution in [-0.4, -0.2) is 56.8 Å². The first kappa shape index (κ1) is 22.4. The molecule has 3 amide bonds. The van der Waals surface area contributed by atoms with Crippen LogP contribution in [0.4, 0.5) is 0 Å². The number of carbonyl (C=O) groups is 4. The Labute approximate surface area is 191 Å². The van der Waals surface area contributed by atoms with E-state index in [1.54, 1.807) is 69.3 Å². The molecule has 1 N–H and O–H groups in total. The van der Waals surface area contributed by atoms with Gasteiger partial charge in [-0.15, -0.1) is 0 Å². The number of likely N-dealkylation sites (tertiary alicyclic amines) is 1. The number of rotatable bonds is 5. The SMILES string of the molecule is CC(C)(C)OC(=O)/C(=C/c1ccc(CO)cc1)N1CC(N2C(=O)c3ccccc3C2=O)C1=O. The number of nitrogens with zero attached hydrogens (tertiary/aromatic N) is 2. The van der Waals surface area contributed by atoms with Gasteiger partial charge in [0.05, 0.1) is 24.3 Å². The Hall–Kier alpha value is -3.78. The average Bonchev–Trinajstić information content (AvgIpc) is 3.02. The summed E-state index contributed by atoms with van der Waals surface area (Å²) in [6.07, 6.45) is 1.52. The highest BCUT2D eigenvalue weighted by atomic mass is 16.6. The molecular formula is C25H24N2O6. The van der Waals surface area contributed by atoms with E-state index >= 15 is 0 Å². The third-order valence-corrected chi connectivity index (χ3v) is 5.41. The third kappa shape index (κ3) is 4.17. The summed E-state index contributed by atoms with van der Waals surface area (Å²) in [4.78, 5) is 53.7. The molecule has 1 saturated heterocycles. The summed E-state index contributed by atoms with van der Waals surface area (Å²) < 4.78 is 5.49. The number of β-lactam (4-membered cyclic amide) rings is 1. The van der Waals surface area contributed by atoms with Crippen LogP contribution in [0, 0.1) is 0 Å². The van der Waals surface area contributed by atoms with Crippen molar-refractivity contribution in [2.45, 2.75) is 39.0 Å². The van der Waals surface area contributed by atoms with E-state index in [1.165, 1.54) is 11.0 Å². The van der Waals surface area contributed by atoms with Gasteiger partial charge in [0.15, 0.2) is 0 Å². The lowest BCUT2D eigenvalue weighted by atomic mass is 10.0. The van der Waals surface area contributed by atoms with Crippen LogP contribution in [0.1, 0.15) is 52.6 Å². The molecule has 1 fully saturated rings. The van der Waals surface area contributed by atoms with E-state index in [1.807, 2.05) is 0 Å². The molecule has 33 heavy (non-hydrogen) atoms. The van der Waals surface area contributed by atoms with Crippen molar-refractivity contribution in [3.05, 3.63) is 76.5 Å². The van der Waals surface area contributed by atoms with Gasteiger partial charge >= 0.3 is 5.97 Å². The molecule has 0 saturated carbocycles. The lowest BCUT2D eigenvalue weighted by molar-refractivity contribution is -0.158. The summed E-state index contributed by atoms with van der Waals surface area (Å²) in [5.41, 5.74) is 1.09. The van der Waals surface area contributed by atoms with Crippen molar-refractivity contribution >= 4 is 29.8 Å². The van der Waals surface area contributed by atoms with Gasteiger partial charge in [0.1, 0.15) is 17.3 Å². The maximum absolute atomic E-state index is 13.1. The maximum Gasteiger partial charge on any atom is 0.355 e. The zero-order chi connectivity index (χ0) is 23.9. The number of fused-ring (bicyclic) bond motifs is 1. The molecule has 2 aliphatic heterocycles. The van der Waals surface area contributed by atoms with Crippen molar-refractivity contribution in [3.63, 3.8) is 0 Å². The first-order chi connectivity index (χ1) is 15.6. The quantitative estimate of drug-likeness (QED) is 0.326. The molecule has 2 aromatic carbocycles. The van der Waals surface area contributed by atoms with Crippen molar-refractivity contribution in [2.75, 3.05) is 6.54 Å². The Morgan fingerprint density at radius 2 is 1.61 bits per heavy atom. The highest BCUT2D eigenvalue weighted by molar-refractivity contribution is 6.23. The second kappa shape index (κ2) is 8.29. The number of imide groups is 1. The number of hydrogen-bond acceptors (Lipinski definition) is 6. The predicted octanol–water partition coefficient (Wildman–Crippen LogP) is 2.37. The van der Waals surface area contributed by atoms with Crippen molar-refractivity contribution in [1.29, 1.82) is 0 Å². The van der Waals surface area contributed by atoms with Crippen LogP contribution in [0.25, 0.3) is 6.08 Å². The van der Waals surface area contributed by atoms with Gasteiger partial charge in [-0.25, -0.2) is 4.79 Å². The normalized spacial score (nSPS) is 18.4. The molecule has 8 heteroatoms. The highest BCUT2D eigenvalue weighted by Gasteiger charge is 2.51. The molecule has 1 unspecified atom stereocenters. The number of aliphatic hydroxyl groups excluding tert-OH is 1. The summed E-state index contributed by atoms with van der Waals surface area (Å²) in [5, 5.41) is 9.24. The lowest BCUT2D eigenvalue weighted by Gasteiger charge is -2.42. The highest BCUT2D eigenvalue weighted by Crippen LogP contribution is 2.31. The number of benzene rings is 2. The van der Waals surface area contributed by atoms with Crippen LogP contribution in [0.5, 0.6) is 0 Å². The molecule has 0 radical (unpaired) electrons. The van der Waals surface area contributed by atoms with Gasteiger partial charge in [0.25, 0.3) is 17.7 Å². The number of amides is 3. The number of aliphatic hydroxyl groups is 1. The van der Waals surface area contributed by atoms with Crippen LogP contribution in [-0.2, 0) is 20.9 Å². The Bertz CT molecular complexity index is 1140. The fourth-order valence-electron chi connectivity index (χ4n) is 3.76. The summed E-state index contributed by atoms with van der Waals surface area (Å²) >= 11 is 0. The number of carbonyl (C=O) groups excluding carboxylic acids is 4. The first-order valence-electron chi connectivity index (χ1n) is 10.5. The van der Waals surface area contributed by atoms with E-state index in [4.69, 9.17) is 4.74 Å². The molecule has 0 bridgehead atoms. The van der Waals surface area contributed by atoms with Crippen LogP contribution >= 0.6 is 0 Å². The topological polar surface area (TPSA) is 104 Å². The zero-order valence-electron chi connectivity index (χ0n) is 18.6. The number of ether oxygens (including phenoxy) is 1. The summed E-state index contributed by atoms with van der Waals surface area (Å²) in [6.45, 7) is 5.04. The molecule has 1 atom stereocenters. The van der Waals surface area contributed by atoms with E-state index in [2.05, 4.69) is 0 Å². The van der Waals surface area contributed by atoms with Crippen molar-refractivity contribution in [1.82, 2.24) is 9.80 Å². The van der Waals surface area contributed by atoms with Crippen LogP contribution in [0.2, 0.25) is 0 Å².